The second-order valence-electron chi connectivity index (χ2n) is 5.75. The van der Waals surface area contributed by atoms with E-state index in [1.807, 2.05) is 18.5 Å². The van der Waals surface area contributed by atoms with E-state index in [2.05, 4.69) is 26.1 Å². The summed E-state index contributed by atoms with van der Waals surface area (Å²) in [6.07, 6.45) is 8.45. The van der Waals surface area contributed by atoms with Crippen molar-refractivity contribution in [3.8, 4) is 0 Å². The van der Waals surface area contributed by atoms with Crippen molar-refractivity contribution in [2.24, 2.45) is 0 Å². The van der Waals surface area contributed by atoms with E-state index in [4.69, 9.17) is 4.52 Å². The average molecular weight is 270 g/mol. The van der Waals surface area contributed by atoms with Gasteiger partial charge in [0.1, 0.15) is 0 Å². The van der Waals surface area contributed by atoms with Crippen LogP contribution in [0.2, 0.25) is 0 Å². The molecule has 3 heterocycles. The summed E-state index contributed by atoms with van der Waals surface area (Å²) in [5.74, 6) is 2.24. The third kappa shape index (κ3) is 2.33. The van der Waals surface area contributed by atoms with E-state index in [0.29, 0.717) is 12.0 Å². The highest BCUT2D eigenvalue weighted by Crippen LogP contribution is 2.40. The SMILES string of the molecule is c1cncc(CN2CCC[C@H]2c2noc(C3CC3)n2)c1. The molecule has 2 aromatic rings. The van der Waals surface area contributed by atoms with Gasteiger partial charge >= 0.3 is 0 Å². The molecule has 104 valence electrons. The largest absolute Gasteiger partial charge is 0.339 e. The Morgan fingerprint density at radius 1 is 1.30 bits per heavy atom. The summed E-state index contributed by atoms with van der Waals surface area (Å²) < 4.78 is 5.40. The summed E-state index contributed by atoms with van der Waals surface area (Å²) in [6, 6.07) is 4.40. The molecule has 0 aromatic carbocycles. The van der Waals surface area contributed by atoms with Gasteiger partial charge < -0.3 is 4.52 Å². The number of likely N-dealkylation sites (tertiary alicyclic amines) is 1. The van der Waals surface area contributed by atoms with Crippen LogP contribution < -0.4 is 0 Å². The van der Waals surface area contributed by atoms with Gasteiger partial charge in [0.05, 0.1) is 6.04 Å². The molecule has 1 aliphatic heterocycles. The van der Waals surface area contributed by atoms with Gasteiger partial charge in [0, 0.05) is 24.9 Å². The minimum absolute atomic E-state index is 0.298. The third-order valence-corrected chi connectivity index (χ3v) is 4.15. The Morgan fingerprint density at radius 2 is 2.25 bits per heavy atom. The highest BCUT2D eigenvalue weighted by molar-refractivity contribution is 5.10. The van der Waals surface area contributed by atoms with Crippen LogP contribution in [-0.2, 0) is 6.54 Å². The zero-order valence-corrected chi connectivity index (χ0v) is 11.4. The fourth-order valence-corrected chi connectivity index (χ4v) is 2.91. The van der Waals surface area contributed by atoms with Crippen LogP contribution in [0.3, 0.4) is 0 Å². The molecule has 0 radical (unpaired) electrons. The van der Waals surface area contributed by atoms with Crippen LogP contribution in [-0.4, -0.2) is 26.6 Å². The van der Waals surface area contributed by atoms with Crippen LogP contribution in [0.4, 0.5) is 0 Å². The monoisotopic (exact) mass is 270 g/mol. The normalized spacial score (nSPS) is 23.3. The van der Waals surface area contributed by atoms with Crippen molar-refractivity contribution in [1.82, 2.24) is 20.0 Å². The first-order valence-corrected chi connectivity index (χ1v) is 7.36. The van der Waals surface area contributed by atoms with Gasteiger partial charge in [-0.3, -0.25) is 9.88 Å². The van der Waals surface area contributed by atoms with Gasteiger partial charge in [0.15, 0.2) is 5.82 Å². The first kappa shape index (κ1) is 12.0. The van der Waals surface area contributed by atoms with Crippen molar-refractivity contribution in [3.63, 3.8) is 0 Å². The van der Waals surface area contributed by atoms with Crippen molar-refractivity contribution in [3.05, 3.63) is 41.8 Å². The Kier molecular flexibility index (Phi) is 2.99. The Balaban J connectivity index is 1.51. The molecule has 1 aliphatic carbocycles. The van der Waals surface area contributed by atoms with E-state index < -0.39 is 0 Å². The molecule has 20 heavy (non-hydrogen) atoms. The molecule has 4 rings (SSSR count). The number of pyridine rings is 1. The topological polar surface area (TPSA) is 55.1 Å². The van der Waals surface area contributed by atoms with E-state index in [9.17, 15) is 0 Å². The molecule has 0 amide bonds. The zero-order chi connectivity index (χ0) is 13.4. The van der Waals surface area contributed by atoms with E-state index in [-0.39, 0.29) is 0 Å². The molecule has 2 fully saturated rings. The van der Waals surface area contributed by atoms with Crippen LogP contribution in [0.25, 0.3) is 0 Å². The molecule has 0 spiro atoms. The van der Waals surface area contributed by atoms with Gasteiger partial charge in [-0.1, -0.05) is 11.2 Å². The maximum atomic E-state index is 5.40. The molecule has 5 heteroatoms. The maximum Gasteiger partial charge on any atom is 0.229 e. The first-order chi connectivity index (χ1) is 9.90. The molecule has 5 nitrogen and oxygen atoms in total. The fourth-order valence-electron chi connectivity index (χ4n) is 2.91. The van der Waals surface area contributed by atoms with Gasteiger partial charge in [-0.15, -0.1) is 0 Å². The predicted molar refractivity (Wildman–Crippen MR) is 72.9 cm³/mol. The fraction of sp³-hybridized carbons (Fsp3) is 0.533. The summed E-state index contributed by atoms with van der Waals surface area (Å²) in [6.45, 7) is 2.00. The minimum Gasteiger partial charge on any atom is -0.339 e. The van der Waals surface area contributed by atoms with E-state index in [1.54, 1.807) is 0 Å². The Bertz CT molecular complexity index is 579. The van der Waals surface area contributed by atoms with Crippen molar-refractivity contribution in [2.45, 2.75) is 44.2 Å². The number of nitrogens with zero attached hydrogens (tertiary/aromatic N) is 4. The molecule has 1 saturated carbocycles. The molecule has 0 bridgehead atoms. The molecular weight excluding hydrogens is 252 g/mol. The first-order valence-electron chi connectivity index (χ1n) is 7.36. The zero-order valence-electron chi connectivity index (χ0n) is 11.4. The highest BCUT2D eigenvalue weighted by atomic mass is 16.5. The van der Waals surface area contributed by atoms with Gasteiger partial charge in [0.2, 0.25) is 5.89 Å². The molecule has 1 atom stereocenters. The van der Waals surface area contributed by atoms with Crippen molar-refractivity contribution in [2.75, 3.05) is 6.54 Å². The molecular formula is C15H18N4O. The van der Waals surface area contributed by atoms with Gasteiger partial charge in [0.25, 0.3) is 0 Å². The lowest BCUT2D eigenvalue weighted by Gasteiger charge is -2.21. The van der Waals surface area contributed by atoms with Crippen molar-refractivity contribution < 1.29 is 4.52 Å². The second-order valence-corrected chi connectivity index (χ2v) is 5.75. The Labute approximate surface area is 118 Å². The number of aromatic nitrogens is 3. The quantitative estimate of drug-likeness (QED) is 0.855. The van der Waals surface area contributed by atoms with Crippen molar-refractivity contribution >= 4 is 0 Å². The summed E-state index contributed by atoms with van der Waals surface area (Å²) >= 11 is 0. The Morgan fingerprint density at radius 3 is 3.05 bits per heavy atom. The lowest BCUT2D eigenvalue weighted by Crippen LogP contribution is -2.23. The van der Waals surface area contributed by atoms with E-state index in [0.717, 1.165) is 31.2 Å². The molecule has 0 unspecified atom stereocenters. The standard InChI is InChI=1S/C15H18N4O/c1-3-11(9-16-7-1)10-19-8-2-4-13(19)14-17-15(20-18-14)12-5-6-12/h1,3,7,9,12-13H,2,4-6,8,10H2/t13-/m0/s1. The smallest absolute Gasteiger partial charge is 0.229 e. The lowest BCUT2D eigenvalue weighted by atomic mass is 10.2. The van der Waals surface area contributed by atoms with Gasteiger partial charge in [-0.25, -0.2) is 0 Å². The van der Waals surface area contributed by atoms with Crippen LogP contribution in [0.1, 0.15) is 54.9 Å². The highest BCUT2D eigenvalue weighted by Gasteiger charge is 2.34. The minimum atomic E-state index is 0.298. The third-order valence-electron chi connectivity index (χ3n) is 4.15. The van der Waals surface area contributed by atoms with Crippen LogP contribution in [0, 0.1) is 0 Å². The van der Waals surface area contributed by atoms with Crippen LogP contribution in [0.15, 0.2) is 29.0 Å². The predicted octanol–water partition coefficient (Wildman–Crippen LogP) is 2.68. The lowest BCUT2D eigenvalue weighted by molar-refractivity contribution is 0.234. The molecule has 1 saturated heterocycles. The number of hydrogen-bond donors (Lipinski definition) is 0. The molecule has 2 aromatic heterocycles. The van der Waals surface area contributed by atoms with Gasteiger partial charge in [-0.2, -0.15) is 4.98 Å². The van der Waals surface area contributed by atoms with Crippen LogP contribution in [0.5, 0.6) is 0 Å². The Hall–Kier alpha value is -1.75. The maximum absolute atomic E-state index is 5.40. The van der Waals surface area contributed by atoms with Gasteiger partial charge in [-0.05, 0) is 43.9 Å². The molecule has 2 aliphatic rings. The second kappa shape index (κ2) is 4.98. The van der Waals surface area contributed by atoms with E-state index in [1.165, 1.54) is 24.8 Å². The van der Waals surface area contributed by atoms with E-state index >= 15 is 0 Å². The summed E-state index contributed by atoms with van der Waals surface area (Å²) in [4.78, 5) is 11.2. The average Bonchev–Trinajstić information content (AvgIpc) is 3.04. The summed E-state index contributed by atoms with van der Waals surface area (Å²) in [7, 11) is 0. The summed E-state index contributed by atoms with van der Waals surface area (Å²) in [5, 5.41) is 4.21. The molecule has 0 N–H and O–H groups in total. The van der Waals surface area contributed by atoms with Crippen molar-refractivity contribution in [1.29, 1.82) is 0 Å². The number of rotatable bonds is 4. The number of hydrogen-bond acceptors (Lipinski definition) is 5. The van der Waals surface area contributed by atoms with Crippen LogP contribution >= 0.6 is 0 Å². The summed E-state index contributed by atoms with van der Waals surface area (Å²) in [5.41, 5.74) is 1.24.